The molecule has 0 fully saturated rings. The van der Waals surface area contributed by atoms with Crippen LogP contribution in [0.2, 0.25) is 10.0 Å². The van der Waals surface area contributed by atoms with Crippen LogP contribution in [0.3, 0.4) is 0 Å². The normalized spacial score (nSPS) is 11.1. The van der Waals surface area contributed by atoms with E-state index in [1.54, 1.807) is 30.3 Å². The maximum atomic E-state index is 13.3. The van der Waals surface area contributed by atoms with Crippen molar-refractivity contribution in [3.63, 3.8) is 0 Å². The first-order valence-electron chi connectivity index (χ1n) is 10.9. The Hall–Kier alpha value is -3.47. The first-order chi connectivity index (χ1) is 16.6. The second-order valence-electron chi connectivity index (χ2n) is 7.74. The van der Waals surface area contributed by atoms with E-state index in [0.717, 1.165) is 16.5 Å². The molecule has 0 unspecified atom stereocenters. The van der Waals surface area contributed by atoms with E-state index in [1.807, 2.05) is 54.6 Å². The number of fused-ring (bicyclic) bond motifs is 2. The molecule has 0 amide bonds. The zero-order chi connectivity index (χ0) is 23.5. The Balaban J connectivity index is 1.38. The van der Waals surface area contributed by atoms with Gasteiger partial charge in [-0.05, 0) is 41.8 Å². The highest BCUT2D eigenvalue weighted by Gasteiger charge is 2.20. The summed E-state index contributed by atoms with van der Waals surface area (Å²) in [5.74, 6) is 1.21. The molecule has 1 heterocycles. The minimum atomic E-state index is -0.298. The molecule has 0 saturated heterocycles. The number of rotatable bonds is 7. The van der Waals surface area contributed by atoms with Gasteiger partial charge in [-0.25, -0.2) is 0 Å². The van der Waals surface area contributed by atoms with E-state index in [4.69, 9.17) is 37.1 Å². The zero-order valence-electron chi connectivity index (χ0n) is 18.1. The second kappa shape index (κ2) is 9.80. The summed E-state index contributed by atoms with van der Waals surface area (Å²) < 4.78 is 18.0. The van der Waals surface area contributed by atoms with Crippen molar-refractivity contribution in [1.29, 1.82) is 0 Å². The first-order valence-corrected chi connectivity index (χ1v) is 11.6. The summed E-state index contributed by atoms with van der Waals surface area (Å²) in [6, 6.07) is 26.1. The van der Waals surface area contributed by atoms with E-state index in [2.05, 4.69) is 0 Å². The lowest BCUT2D eigenvalue weighted by Gasteiger charge is -2.13. The van der Waals surface area contributed by atoms with Gasteiger partial charge in [0.25, 0.3) is 0 Å². The van der Waals surface area contributed by atoms with Gasteiger partial charge >= 0.3 is 0 Å². The second-order valence-corrected chi connectivity index (χ2v) is 8.58. The van der Waals surface area contributed by atoms with Crippen LogP contribution in [0.4, 0.5) is 0 Å². The molecule has 4 aromatic carbocycles. The molecule has 5 aromatic rings. The van der Waals surface area contributed by atoms with Crippen LogP contribution >= 0.6 is 23.2 Å². The van der Waals surface area contributed by atoms with Crippen LogP contribution in [-0.2, 0) is 0 Å². The molecule has 0 N–H and O–H groups in total. The third-order valence-electron chi connectivity index (χ3n) is 5.47. The average Bonchev–Trinajstić information content (AvgIpc) is 2.86. The molecule has 0 bridgehead atoms. The van der Waals surface area contributed by atoms with Gasteiger partial charge in [-0.15, -0.1) is 0 Å². The Morgan fingerprint density at radius 3 is 2.41 bits per heavy atom. The lowest BCUT2D eigenvalue weighted by Crippen LogP contribution is -2.13. The Kier molecular flexibility index (Phi) is 6.43. The van der Waals surface area contributed by atoms with Crippen molar-refractivity contribution in [2.75, 3.05) is 13.2 Å². The zero-order valence-corrected chi connectivity index (χ0v) is 19.6. The standard InChI is InChI=1S/C28H20Cl2O4/c29-19-13-14-25-22(17-19)26(31)28(27(34-25)21-10-3-4-11-23(21)30)33-16-6-15-32-24-12-5-8-18-7-1-2-9-20(18)24/h1-5,7-14,17H,6,15-16H2. The van der Waals surface area contributed by atoms with Gasteiger partial charge in [0.2, 0.25) is 11.2 Å². The number of hydrogen-bond donors (Lipinski definition) is 0. The van der Waals surface area contributed by atoms with Crippen LogP contribution in [-0.4, -0.2) is 13.2 Å². The molecule has 0 atom stereocenters. The van der Waals surface area contributed by atoms with Gasteiger partial charge in [0, 0.05) is 22.4 Å². The lowest BCUT2D eigenvalue weighted by atomic mass is 10.1. The molecule has 6 heteroatoms. The van der Waals surface area contributed by atoms with E-state index >= 15 is 0 Å². The van der Waals surface area contributed by atoms with Gasteiger partial charge in [0.15, 0.2) is 5.76 Å². The molecule has 0 radical (unpaired) electrons. The fourth-order valence-electron chi connectivity index (χ4n) is 3.84. The van der Waals surface area contributed by atoms with Crippen molar-refractivity contribution in [2.24, 2.45) is 0 Å². The van der Waals surface area contributed by atoms with Crippen molar-refractivity contribution in [1.82, 2.24) is 0 Å². The summed E-state index contributed by atoms with van der Waals surface area (Å²) in [6.07, 6.45) is 0.568. The fourth-order valence-corrected chi connectivity index (χ4v) is 4.23. The summed E-state index contributed by atoms with van der Waals surface area (Å²) in [6.45, 7) is 0.694. The highest BCUT2D eigenvalue weighted by Crippen LogP contribution is 2.35. The van der Waals surface area contributed by atoms with Crippen molar-refractivity contribution >= 4 is 44.9 Å². The van der Waals surface area contributed by atoms with E-state index < -0.39 is 0 Å². The van der Waals surface area contributed by atoms with Crippen LogP contribution < -0.4 is 14.9 Å². The number of hydrogen-bond acceptors (Lipinski definition) is 4. The molecule has 5 rings (SSSR count). The summed E-state index contributed by atoms with van der Waals surface area (Å²) in [5, 5.41) is 3.43. The van der Waals surface area contributed by atoms with Crippen LogP contribution in [0.15, 0.2) is 94.1 Å². The molecule has 0 aliphatic heterocycles. The van der Waals surface area contributed by atoms with Crippen LogP contribution in [0.25, 0.3) is 33.1 Å². The Bertz CT molecular complexity index is 1540. The van der Waals surface area contributed by atoms with Crippen LogP contribution in [0.1, 0.15) is 6.42 Å². The summed E-state index contributed by atoms with van der Waals surface area (Å²) in [4.78, 5) is 13.3. The molecule has 34 heavy (non-hydrogen) atoms. The number of ether oxygens (including phenoxy) is 2. The quantitative estimate of drug-likeness (QED) is 0.218. The third-order valence-corrected chi connectivity index (χ3v) is 6.04. The van der Waals surface area contributed by atoms with Crippen molar-refractivity contribution in [3.8, 4) is 22.8 Å². The molecular formula is C28H20Cl2O4. The van der Waals surface area contributed by atoms with Gasteiger partial charge in [0.05, 0.1) is 23.6 Å². The van der Waals surface area contributed by atoms with Crippen molar-refractivity contribution in [2.45, 2.75) is 6.42 Å². The summed E-state index contributed by atoms with van der Waals surface area (Å²) in [7, 11) is 0. The predicted molar refractivity (Wildman–Crippen MR) is 137 cm³/mol. The van der Waals surface area contributed by atoms with Gasteiger partial charge < -0.3 is 13.9 Å². The van der Waals surface area contributed by atoms with Gasteiger partial charge in [-0.1, -0.05) is 71.7 Å². The number of halogens is 2. The van der Waals surface area contributed by atoms with Crippen LogP contribution in [0, 0.1) is 0 Å². The Labute approximate surface area is 206 Å². The largest absolute Gasteiger partial charge is 0.493 e. The smallest absolute Gasteiger partial charge is 0.235 e. The SMILES string of the molecule is O=c1c(OCCCOc2cccc3ccccc23)c(-c2ccccc2Cl)oc2ccc(Cl)cc12. The fraction of sp³-hybridized carbons (Fsp3) is 0.107. The Morgan fingerprint density at radius 2 is 1.53 bits per heavy atom. The van der Waals surface area contributed by atoms with E-state index in [9.17, 15) is 4.79 Å². The highest BCUT2D eigenvalue weighted by atomic mass is 35.5. The Morgan fingerprint density at radius 1 is 0.765 bits per heavy atom. The maximum absolute atomic E-state index is 13.3. The minimum absolute atomic E-state index is 0.105. The molecular weight excluding hydrogens is 471 g/mol. The van der Waals surface area contributed by atoms with Gasteiger partial charge in [0.1, 0.15) is 11.3 Å². The topological polar surface area (TPSA) is 48.7 Å². The van der Waals surface area contributed by atoms with Crippen molar-refractivity contribution < 1.29 is 13.9 Å². The molecule has 4 nitrogen and oxygen atoms in total. The highest BCUT2D eigenvalue weighted by molar-refractivity contribution is 6.33. The first kappa shape index (κ1) is 22.3. The molecule has 0 aliphatic rings. The lowest BCUT2D eigenvalue weighted by molar-refractivity contribution is 0.246. The van der Waals surface area contributed by atoms with Crippen molar-refractivity contribution in [3.05, 3.63) is 105 Å². The summed E-state index contributed by atoms with van der Waals surface area (Å²) >= 11 is 12.5. The van der Waals surface area contributed by atoms with Gasteiger partial charge in [-0.3, -0.25) is 4.79 Å². The van der Waals surface area contributed by atoms with Gasteiger partial charge in [-0.2, -0.15) is 0 Å². The predicted octanol–water partition coefficient (Wildman–Crippen LogP) is 7.77. The molecule has 1 aromatic heterocycles. The van der Waals surface area contributed by atoms with E-state index in [1.165, 1.54) is 0 Å². The average molecular weight is 491 g/mol. The van der Waals surface area contributed by atoms with E-state index in [-0.39, 0.29) is 17.8 Å². The van der Waals surface area contributed by atoms with Crippen LogP contribution in [0.5, 0.6) is 11.5 Å². The molecule has 170 valence electrons. The monoisotopic (exact) mass is 490 g/mol. The minimum Gasteiger partial charge on any atom is -0.493 e. The number of benzene rings is 4. The third kappa shape index (κ3) is 4.47. The molecule has 0 aliphatic carbocycles. The molecule has 0 spiro atoms. The maximum Gasteiger partial charge on any atom is 0.235 e. The van der Waals surface area contributed by atoms with E-state index in [0.29, 0.717) is 45.4 Å². The molecule has 0 saturated carbocycles. The summed E-state index contributed by atoms with van der Waals surface area (Å²) in [5.41, 5.74) is 0.699.